The third-order valence-corrected chi connectivity index (χ3v) is 3.50. The third kappa shape index (κ3) is 2.22. The van der Waals surface area contributed by atoms with Crippen LogP contribution in [-0.4, -0.2) is 23.7 Å². The zero-order valence-corrected chi connectivity index (χ0v) is 9.89. The van der Waals surface area contributed by atoms with E-state index in [2.05, 4.69) is 6.58 Å². The molecule has 0 amide bonds. The summed E-state index contributed by atoms with van der Waals surface area (Å²) in [5.41, 5.74) is 0. The van der Waals surface area contributed by atoms with Crippen molar-refractivity contribution in [2.45, 2.75) is 6.42 Å². The van der Waals surface area contributed by atoms with Gasteiger partial charge in [-0.3, -0.25) is 9.59 Å². The second-order valence-electron chi connectivity index (χ2n) is 4.46. The highest BCUT2D eigenvalue weighted by molar-refractivity contribution is 6.29. The smallest absolute Gasteiger partial charge is 0.310 e. The molecule has 0 aromatic rings. The number of carboxylic acids is 1. The van der Waals surface area contributed by atoms with E-state index in [0.717, 1.165) is 6.42 Å². The molecule has 5 heteroatoms. The maximum absolute atomic E-state index is 11.8. The standard InChI is InChI=1S/C12H13ClO4/c1-6(13)5-17-12(16)10-8-3-2-7(4-8)9(10)11(14)15/h2-3,7-10H,1,4-5H2,(H,14,15)/t7-,8-,9+,10-/m0/s1. The van der Waals surface area contributed by atoms with Crippen molar-refractivity contribution < 1.29 is 19.4 Å². The predicted octanol–water partition coefficient (Wildman–Crippen LogP) is 1.80. The minimum atomic E-state index is -0.937. The van der Waals surface area contributed by atoms with E-state index in [-0.39, 0.29) is 23.5 Å². The van der Waals surface area contributed by atoms with E-state index >= 15 is 0 Å². The number of hydrogen-bond donors (Lipinski definition) is 1. The normalized spacial score (nSPS) is 33.7. The Hall–Kier alpha value is -1.29. The van der Waals surface area contributed by atoms with Gasteiger partial charge in [0.15, 0.2) is 0 Å². The van der Waals surface area contributed by atoms with Crippen LogP contribution in [0.15, 0.2) is 23.8 Å². The molecule has 1 saturated carbocycles. The fourth-order valence-electron chi connectivity index (χ4n) is 2.73. The van der Waals surface area contributed by atoms with Gasteiger partial charge in [-0.1, -0.05) is 30.3 Å². The first kappa shape index (κ1) is 12.2. The van der Waals surface area contributed by atoms with Crippen LogP contribution in [0.1, 0.15) is 6.42 Å². The number of carbonyl (C=O) groups excluding carboxylic acids is 1. The van der Waals surface area contributed by atoms with Crippen molar-refractivity contribution in [1.29, 1.82) is 0 Å². The van der Waals surface area contributed by atoms with Crippen molar-refractivity contribution >= 4 is 23.5 Å². The molecule has 0 radical (unpaired) electrons. The lowest BCUT2D eigenvalue weighted by molar-refractivity contribution is -0.157. The summed E-state index contributed by atoms with van der Waals surface area (Å²) in [6.45, 7) is 3.35. The lowest BCUT2D eigenvalue weighted by atomic mass is 9.83. The lowest BCUT2D eigenvalue weighted by Crippen LogP contribution is -2.34. The molecular weight excluding hydrogens is 244 g/mol. The van der Waals surface area contributed by atoms with Crippen molar-refractivity contribution in [2.75, 3.05) is 6.61 Å². The van der Waals surface area contributed by atoms with Gasteiger partial charge in [0.05, 0.1) is 11.8 Å². The summed E-state index contributed by atoms with van der Waals surface area (Å²) in [6.07, 6.45) is 4.51. The molecule has 92 valence electrons. The highest BCUT2D eigenvalue weighted by Gasteiger charge is 2.52. The quantitative estimate of drug-likeness (QED) is 0.615. The SMILES string of the molecule is C=C(Cl)COC(=O)[C@@H]1[C@H](C(=O)O)[C@H]2C=C[C@H]1C2. The molecule has 4 atom stereocenters. The monoisotopic (exact) mass is 256 g/mol. The van der Waals surface area contributed by atoms with Crippen LogP contribution in [0.25, 0.3) is 0 Å². The van der Waals surface area contributed by atoms with E-state index in [9.17, 15) is 9.59 Å². The number of rotatable bonds is 4. The van der Waals surface area contributed by atoms with Crippen LogP contribution in [0.5, 0.6) is 0 Å². The Balaban J connectivity index is 2.08. The predicted molar refractivity (Wildman–Crippen MR) is 61.3 cm³/mol. The van der Waals surface area contributed by atoms with Crippen LogP contribution in [-0.2, 0) is 14.3 Å². The lowest BCUT2D eigenvalue weighted by Gasteiger charge is -2.22. The van der Waals surface area contributed by atoms with Gasteiger partial charge in [0.2, 0.25) is 0 Å². The molecule has 0 aromatic heterocycles. The van der Waals surface area contributed by atoms with Crippen molar-refractivity contribution in [3.63, 3.8) is 0 Å². The average Bonchev–Trinajstić information content (AvgIpc) is 2.84. The summed E-state index contributed by atoms with van der Waals surface area (Å²) in [5, 5.41) is 9.37. The molecule has 2 aliphatic rings. The van der Waals surface area contributed by atoms with Crippen molar-refractivity contribution in [3.05, 3.63) is 23.8 Å². The summed E-state index contributed by atoms with van der Waals surface area (Å²) in [4.78, 5) is 23.0. The zero-order valence-electron chi connectivity index (χ0n) is 9.14. The number of fused-ring (bicyclic) bond motifs is 2. The molecule has 0 aliphatic heterocycles. The summed E-state index contributed by atoms with van der Waals surface area (Å²) in [5.74, 6) is -2.74. The number of ether oxygens (including phenoxy) is 1. The van der Waals surface area contributed by atoms with Crippen molar-refractivity contribution in [1.82, 2.24) is 0 Å². The maximum atomic E-state index is 11.8. The first-order valence-corrected chi connectivity index (χ1v) is 5.79. The number of aliphatic carboxylic acids is 1. The average molecular weight is 257 g/mol. The first-order valence-electron chi connectivity index (χ1n) is 5.41. The van der Waals surface area contributed by atoms with E-state index in [1.54, 1.807) is 0 Å². The van der Waals surface area contributed by atoms with Crippen LogP contribution in [0.4, 0.5) is 0 Å². The highest BCUT2D eigenvalue weighted by Crippen LogP contribution is 2.48. The number of halogens is 1. The Bertz CT molecular complexity index is 401. The summed E-state index contributed by atoms with van der Waals surface area (Å²) in [6, 6.07) is 0. The molecule has 0 unspecified atom stereocenters. The van der Waals surface area contributed by atoms with Crippen LogP contribution in [0.2, 0.25) is 0 Å². The molecule has 0 aromatic carbocycles. The van der Waals surface area contributed by atoms with Gasteiger partial charge < -0.3 is 9.84 Å². The zero-order chi connectivity index (χ0) is 12.6. The van der Waals surface area contributed by atoms with Crippen LogP contribution in [0.3, 0.4) is 0 Å². The Kier molecular flexibility index (Phi) is 3.24. The molecule has 2 bridgehead atoms. The highest BCUT2D eigenvalue weighted by atomic mass is 35.5. The van der Waals surface area contributed by atoms with E-state index in [4.69, 9.17) is 21.4 Å². The fourth-order valence-corrected chi connectivity index (χ4v) is 2.78. The number of esters is 1. The Morgan fingerprint density at radius 3 is 2.47 bits per heavy atom. The van der Waals surface area contributed by atoms with E-state index in [0.29, 0.717) is 0 Å². The Morgan fingerprint density at radius 1 is 1.35 bits per heavy atom. The number of carboxylic acid groups (broad SMARTS) is 1. The third-order valence-electron chi connectivity index (χ3n) is 3.39. The minimum Gasteiger partial charge on any atom is -0.481 e. The second-order valence-corrected chi connectivity index (χ2v) is 5.00. The van der Waals surface area contributed by atoms with Gasteiger partial charge >= 0.3 is 11.9 Å². The van der Waals surface area contributed by atoms with E-state index in [1.807, 2.05) is 12.2 Å². The Labute approximate surface area is 104 Å². The second kappa shape index (κ2) is 4.53. The minimum absolute atomic E-state index is 0.0165. The number of carbonyl (C=O) groups is 2. The van der Waals surface area contributed by atoms with Crippen LogP contribution >= 0.6 is 11.6 Å². The van der Waals surface area contributed by atoms with Gasteiger partial charge in [0.25, 0.3) is 0 Å². The molecule has 2 aliphatic carbocycles. The van der Waals surface area contributed by atoms with E-state index < -0.39 is 23.8 Å². The molecule has 4 nitrogen and oxygen atoms in total. The number of hydrogen-bond acceptors (Lipinski definition) is 3. The molecule has 1 N–H and O–H groups in total. The summed E-state index contributed by atoms with van der Waals surface area (Å²) in [7, 11) is 0. The van der Waals surface area contributed by atoms with Gasteiger partial charge in [-0.25, -0.2) is 0 Å². The van der Waals surface area contributed by atoms with Gasteiger partial charge in [-0.05, 0) is 18.3 Å². The Morgan fingerprint density at radius 2 is 1.94 bits per heavy atom. The fraction of sp³-hybridized carbons (Fsp3) is 0.500. The molecule has 17 heavy (non-hydrogen) atoms. The molecule has 1 fully saturated rings. The van der Waals surface area contributed by atoms with Crippen LogP contribution in [0, 0.1) is 23.7 Å². The summed E-state index contributed by atoms with van der Waals surface area (Å²) < 4.78 is 4.95. The maximum Gasteiger partial charge on any atom is 0.310 e. The molecule has 0 saturated heterocycles. The summed E-state index contributed by atoms with van der Waals surface area (Å²) >= 11 is 5.50. The number of allylic oxidation sites excluding steroid dienone is 2. The molecular formula is C12H13ClO4. The first-order chi connectivity index (χ1) is 8.00. The van der Waals surface area contributed by atoms with Gasteiger partial charge in [-0.2, -0.15) is 0 Å². The van der Waals surface area contributed by atoms with Crippen molar-refractivity contribution in [3.8, 4) is 0 Å². The van der Waals surface area contributed by atoms with E-state index in [1.165, 1.54) is 0 Å². The molecule has 0 spiro atoms. The van der Waals surface area contributed by atoms with Crippen LogP contribution < -0.4 is 0 Å². The van der Waals surface area contributed by atoms with Crippen molar-refractivity contribution in [2.24, 2.45) is 23.7 Å². The topological polar surface area (TPSA) is 63.6 Å². The van der Waals surface area contributed by atoms with Gasteiger partial charge in [0, 0.05) is 5.03 Å². The molecule has 2 rings (SSSR count). The molecule has 0 heterocycles. The van der Waals surface area contributed by atoms with Gasteiger partial charge in [-0.15, -0.1) is 0 Å². The van der Waals surface area contributed by atoms with Gasteiger partial charge in [0.1, 0.15) is 6.61 Å². The largest absolute Gasteiger partial charge is 0.481 e.